The molecular formula is C13H19N5O2S. The molecule has 0 bridgehead atoms. The second-order valence-electron chi connectivity index (χ2n) is 5.04. The van der Waals surface area contributed by atoms with Crippen molar-refractivity contribution >= 4 is 15.8 Å². The molecule has 0 spiro atoms. The predicted molar refractivity (Wildman–Crippen MR) is 80.8 cm³/mol. The standard InChI is InChI=1S/C13H19N5O2S/c1-16(2)13-7-5-6-11(15-13)9-18-10-12(8-14-18)21(19,20)17(3)4/h5-8,10H,9H2,1-4H3. The maximum atomic E-state index is 12.0. The molecule has 2 heterocycles. The van der Waals surface area contributed by atoms with Gasteiger partial charge in [0.15, 0.2) is 0 Å². The molecular weight excluding hydrogens is 290 g/mol. The Hall–Kier alpha value is -1.93. The fourth-order valence-electron chi connectivity index (χ4n) is 1.75. The zero-order valence-electron chi connectivity index (χ0n) is 12.6. The van der Waals surface area contributed by atoms with Crippen molar-refractivity contribution in [3.8, 4) is 0 Å². The van der Waals surface area contributed by atoms with E-state index in [-0.39, 0.29) is 4.90 Å². The molecule has 7 nitrogen and oxygen atoms in total. The van der Waals surface area contributed by atoms with E-state index in [1.54, 1.807) is 4.68 Å². The molecule has 2 rings (SSSR count). The van der Waals surface area contributed by atoms with Crippen molar-refractivity contribution in [2.75, 3.05) is 33.1 Å². The zero-order valence-corrected chi connectivity index (χ0v) is 13.4. The summed E-state index contributed by atoms with van der Waals surface area (Å²) >= 11 is 0. The quantitative estimate of drug-likeness (QED) is 0.810. The Morgan fingerprint density at radius 2 is 1.90 bits per heavy atom. The van der Waals surface area contributed by atoms with Crippen LogP contribution in [0.25, 0.3) is 0 Å². The van der Waals surface area contributed by atoms with Crippen molar-refractivity contribution in [3.63, 3.8) is 0 Å². The van der Waals surface area contributed by atoms with Crippen molar-refractivity contribution in [3.05, 3.63) is 36.3 Å². The number of hydrogen-bond donors (Lipinski definition) is 0. The Morgan fingerprint density at radius 1 is 1.19 bits per heavy atom. The van der Waals surface area contributed by atoms with Gasteiger partial charge < -0.3 is 4.90 Å². The van der Waals surface area contributed by atoms with Crippen LogP contribution in [0.1, 0.15) is 5.69 Å². The van der Waals surface area contributed by atoms with Crippen molar-refractivity contribution in [1.29, 1.82) is 0 Å². The normalized spacial score (nSPS) is 11.9. The van der Waals surface area contributed by atoms with E-state index in [1.165, 1.54) is 30.8 Å². The number of pyridine rings is 1. The number of nitrogens with zero attached hydrogens (tertiary/aromatic N) is 5. The van der Waals surface area contributed by atoms with Gasteiger partial charge in [0.25, 0.3) is 0 Å². The molecule has 0 atom stereocenters. The molecule has 0 aliphatic rings. The maximum absolute atomic E-state index is 12.0. The smallest absolute Gasteiger partial charge is 0.245 e. The van der Waals surface area contributed by atoms with E-state index >= 15 is 0 Å². The van der Waals surface area contributed by atoms with Crippen LogP contribution in [-0.2, 0) is 16.6 Å². The SMILES string of the molecule is CN(C)c1cccc(Cn2cc(S(=O)(=O)N(C)C)cn2)n1. The highest BCUT2D eigenvalue weighted by molar-refractivity contribution is 7.89. The topological polar surface area (TPSA) is 71.3 Å². The predicted octanol–water partition coefficient (Wildman–Crippen LogP) is 0.643. The molecule has 0 saturated heterocycles. The van der Waals surface area contributed by atoms with Crippen LogP contribution in [-0.4, -0.2) is 55.7 Å². The van der Waals surface area contributed by atoms with Gasteiger partial charge in [-0.05, 0) is 12.1 Å². The summed E-state index contributed by atoms with van der Waals surface area (Å²) in [4.78, 5) is 6.57. The molecule has 2 aromatic heterocycles. The molecule has 114 valence electrons. The Balaban J connectivity index is 2.22. The Kier molecular flexibility index (Phi) is 4.29. The number of aromatic nitrogens is 3. The summed E-state index contributed by atoms with van der Waals surface area (Å²) in [5.41, 5.74) is 0.818. The van der Waals surface area contributed by atoms with Crippen LogP contribution in [0.4, 0.5) is 5.82 Å². The molecule has 0 unspecified atom stereocenters. The van der Waals surface area contributed by atoms with Gasteiger partial charge in [0, 0.05) is 34.4 Å². The summed E-state index contributed by atoms with van der Waals surface area (Å²) in [6.45, 7) is 0.421. The average Bonchev–Trinajstić information content (AvgIpc) is 2.88. The van der Waals surface area contributed by atoms with Gasteiger partial charge in [-0.3, -0.25) is 4.68 Å². The molecule has 8 heteroatoms. The molecule has 0 aliphatic carbocycles. The van der Waals surface area contributed by atoms with E-state index < -0.39 is 10.0 Å². The maximum Gasteiger partial charge on any atom is 0.245 e. The van der Waals surface area contributed by atoms with E-state index in [0.717, 1.165) is 11.5 Å². The minimum absolute atomic E-state index is 0.177. The summed E-state index contributed by atoms with van der Waals surface area (Å²) in [6, 6.07) is 5.71. The summed E-state index contributed by atoms with van der Waals surface area (Å²) in [6.07, 6.45) is 2.87. The first-order chi connectivity index (χ1) is 9.80. The van der Waals surface area contributed by atoms with Gasteiger partial charge in [-0.1, -0.05) is 6.07 Å². The summed E-state index contributed by atoms with van der Waals surface area (Å²) in [5.74, 6) is 0.848. The van der Waals surface area contributed by atoms with Gasteiger partial charge >= 0.3 is 0 Å². The van der Waals surface area contributed by atoms with Gasteiger partial charge in [0.2, 0.25) is 10.0 Å². The summed E-state index contributed by atoms with van der Waals surface area (Å²) in [7, 11) is 3.38. The second-order valence-corrected chi connectivity index (χ2v) is 7.19. The van der Waals surface area contributed by atoms with Crippen LogP contribution in [0.3, 0.4) is 0 Å². The summed E-state index contributed by atoms with van der Waals surface area (Å²) < 4.78 is 26.7. The van der Waals surface area contributed by atoms with E-state index in [1.807, 2.05) is 37.2 Å². The number of rotatable bonds is 5. The van der Waals surface area contributed by atoms with Gasteiger partial charge in [-0.25, -0.2) is 17.7 Å². The first-order valence-electron chi connectivity index (χ1n) is 6.39. The highest BCUT2D eigenvalue weighted by atomic mass is 32.2. The van der Waals surface area contributed by atoms with Crippen molar-refractivity contribution in [1.82, 2.24) is 19.1 Å². The lowest BCUT2D eigenvalue weighted by atomic mass is 10.3. The van der Waals surface area contributed by atoms with Crippen molar-refractivity contribution < 1.29 is 8.42 Å². The molecule has 21 heavy (non-hydrogen) atoms. The van der Waals surface area contributed by atoms with Gasteiger partial charge in [-0.2, -0.15) is 5.10 Å². The fourth-order valence-corrected chi connectivity index (χ4v) is 2.60. The number of sulfonamides is 1. The van der Waals surface area contributed by atoms with Crippen molar-refractivity contribution in [2.45, 2.75) is 11.4 Å². The molecule has 0 fully saturated rings. The van der Waals surface area contributed by atoms with Crippen LogP contribution < -0.4 is 4.90 Å². The third kappa shape index (κ3) is 3.40. The molecule has 0 saturated carbocycles. The fraction of sp³-hybridized carbons (Fsp3) is 0.385. The molecule has 0 aromatic carbocycles. The summed E-state index contributed by atoms with van der Waals surface area (Å²) in [5, 5.41) is 4.09. The van der Waals surface area contributed by atoms with E-state index in [9.17, 15) is 8.42 Å². The molecule has 0 N–H and O–H groups in total. The molecule has 0 aliphatic heterocycles. The van der Waals surface area contributed by atoms with E-state index in [0.29, 0.717) is 6.54 Å². The van der Waals surface area contributed by atoms with Gasteiger partial charge in [-0.15, -0.1) is 0 Å². The molecule has 0 radical (unpaired) electrons. The lowest BCUT2D eigenvalue weighted by molar-refractivity contribution is 0.520. The average molecular weight is 309 g/mol. The Bertz CT molecular complexity index is 722. The minimum atomic E-state index is -3.45. The van der Waals surface area contributed by atoms with E-state index in [2.05, 4.69) is 10.1 Å². The lowest BCUT2D eigenvalue weighted by Gasteiger charge is -2.12. The van der Waals surface area contributed by atoms with Gasteiger partial charge in [0.1, 0.15) is 10.7 Å². The zero-order chi connectivity index (χ0) is 15.6. The third-order valence-corrected chi connectivity index (χ3v) is 4.73. The van der Waals surface area contributed by atoms with Crippen LogP contribution in [0.2, 0.25) is 0 Å². The first kappa shape index (κ1) is 15.5. The number of hydrogen-bond acceptors (Lipinski definition) is 5. The van der Waals surface area contributed by atoms with Crippen LogP contribution in [0, 0.1) is 0 Å². The monoisotopic (exact) mass is 309 g/mol. The number of anilines is 1. The van der Waals surface area contributed by atoms with E-state index in [4.69, 9.17) is 0 Å². The second kappa shape index (κ2) is 5.82. The van der Waals surface area contributed by atoms with Crippen molar-refractivity contribution in [2.24, 2.45) is 0 Å². The molecule has 2 aromatic rings. The first-order valence-corrected chi connectivity index (χ1v) is 7.83. The largest absolute Gasteiger partial charge is 0.363 e. The minimum Gasteiger partial charge on any atom is -0.363 e. The third-order valence-electron chi connectivity index (χ3n) is 2.96. The van der Waals surface area contributed by atoms with Crippen LogP contribution in [0.15, 0.2) is 35.5 Å². The highest BCUT2D eigenvalue weighted by Gasteiger charge is 2.19. The van der Waals surface area contributed by atoms with Crippen LogP contribution >= 0.6 is 0 Å². The van der Waals surface area contributed by atoms with Gasteiger partial charge in [0.05, 0.1) is 18.4 Å². The Morgan fingerprint density at radius 3 is 2.52 bits per heavy atom. The molecule has 0 amide bonds. The highest BCUT2D eigenvalue weighted by Crippen LogP contribution is 2.13. The van der Waals surface area contributed by atoms with Crippen LogP contribution in [0.5, 0.6) is 0 Å². The Labute approximate surface area is 124 Å². The lowest BCUT2D eigenvalue weighted by Crippen LogP contribution is -2.21.